The molecule has 0 radical (unpaired) electrons. The van der Waals surface area contributed by atoms with Crippen LogP contribution in [0.15, 0.2) is 35.7 Å². The lowest BCUT2D eigenvalue weighted by Gasteiger charge is -2.48. The van der Waals surface area contributed by atoms with E-state index in [-0.39, 0.29) is 29.2 Å². The molecule has 233 valence electrons. The fraction of sp³-hybridized carbons (Fsp3) is 0.656. The lowest BCUT2D eigenvalue weighted by Crippen LogP contribution is -2.40. The van der Waals surface area contributed by atoms with E-state index in [4.69, 9.17) is 18.7 Å². The topological polar surface area (TPSA) is 78.3 Å². The molecule has 0 amide bonds. The Morgan fingerprint density at radius 3 is 2.40 bits per heavy atom. The molecular weight excluding hydrogens is 551 g/mol. The van der Waals surface area contributed by atoms with Gasteiger partial charge in [-0.25, -0.2) is 14.4 Å². The van der Waals surface area contributed by atoms with Crippen molar-refractivity contribution >= 4 is 20.0 Å². The van der Waals surface area contributed by atoms with Gasteiger partial charge in [0.05, 0.1) is 12.3 Å². The average molecular weight is 601 g/mol. The Morgan fingerprint density at radius 1 is 1.05 bits per heavy atom. The minimum atomic E-state index is -1.99. The van der Waals surface area contributed by atoms with Crippen LogP contribution in [0.2, 0.25) is 18.1 Å². The summed E-state index contributed by atoms with van der Waals surface area (Å²) in [7, 11) is -1.99. The van der Waals surface area contributed by atoms with Crippen molar-refractivity contribution in [3.8, 4) is 11.1 Å². The van der Waals surface area contributed by atoms with E-state index >= 15 is 4.39 Å². The second-order valence-electron chi connectivity index (χ2n) is 13.8. The number of piperidine rings is 1. The molecular formula is C32H49FN4O4Si-. The third-order valence-corrected chi connectivity index (χ3v) is 13.0. The molecule has 3 heterocycles. The van der Waals surface area contributed by atoms with Crippen LogP contribution in [0.25, 0.3) is 11.1 Å². The maximum Gasteiger partial charge on any atom is 0.225 e. The van der Waals surface area contributed by atoms with Gasteiger partial charge in [0.15, 0.2) is 6.29 Å². The Balaban J connectivity index is 1.27. The number of benzene rings is 1. The van der Waals surface area contributed by atoms with Crippen molar-refractivity contribution in [2.75, 3.05) is 37.8 Å². The van der Waals surface area contributed by atoms with Crippen molar-refractivity contribution in [3.63, 3.8) is 0 Å². The highest BCUT2D eigenvalue weighted by atomic mass is 28.4. The number of anilines is 1. The van der Waals surface area contributed by atoms with Gasteiger partial charge in [0, 0.05) is 73.6 Å². The summed E-state index contributed by atoms with van der Waals surface area (Å²) in [5, 5.41) is 4.48. The first-order valence-corrected chi connectivity index (χ1v) is 18.2. The van der Waals surface area contributed by atoms with E-state index in [2.05, 4.69) is 67.7 Å². The van der Waals surface area contributed by atoms with Crippen LogP contribution in [0.4, 0.5) is 10.3 Å². The van der Waals surface area contributed by atoms with Crippen molar-refractivity contribution in [2.45, 2.75) is 97.8 Å². The number of hydrogen-bond donors (Lipinski definition) is 0. The van der Waals surface area contributed by atoms with Gasteiger partial charge in [-0.2, -0.15) is 0 Å². The van der Waals surface area contributed by atoms with Crippen LogP contribution in [0.5, 0.6) is 0 Å². The zero-order valence-electron chi connectivity index (χ0n) is 26.5. The number of ether oxygens (including phenoxy) is 2. The van der Waals surface area contributed by atoms with Gasteiger partial charge in [-0.1, -0.05) is 58.0 Å². The van der Waals surface area contributed by atoms with Gasteiger partial charge in [-0.15, -0.1) is 18.1 Å². The SMILES string of the molecule is CC(C)(CON=C1CCN(c2ncc(-c3cccc(CO[Si-](C)(C)C(C)(C)C)c3F)cn2)CC1)COC1CCCCO1. The van der Waals surface area contributed by atoms with Gasteiger partial charge in [-0.3, -0.25) is 0 Å². The van der Waals surface area contributed by atoms with Gasteiger partial charge >= 0.3 is 0 Å². The predicted molar refractivity (Wildman–Crippen MR) is 168 cm³/mol. The molecule has 0 spiro atoms. The zero-order valence-corrected chi connectivity index (χ0v) is 27.5. The number of nitrogens with zero attached hydrogens (tertiary/aromatic N) is 4. The summed E-state index contributed by atoms with van der Waals surface area (Å²) in [5.41, 5.74) is 2.58. The van der Waals surface area contributed by atoms with E-state index in [1.54, 1.807) is 24.5 Å². The lowest BCUT2D eigenvalue weighted by molar-refractivity contribution is -0.180. The van der Waals surface area contributed by atoms with Crippen molar-refractivity contribution in [1.29, 1.82) is 0 Å². The van der Waals surface area contributed by atoms with Crippen LogP contribution < -0.4 is 4.90 Å². The Hall–Kier alpha value is -2.40. The van der Waals surface area contributed by atoms with E-state index in [0.29, 0.717) is 35.9 Å². The molecule has 0 aliphatic carbocycles. The number of hydrogen-bond acceptors (Lipinski definition) is 8. The molecule has 1 atom stereocenters. The van der Waals surface area contributed by atoms with Crippen LogP contribution in [-0.2, 0) is 25.3 Å². The molecule has 2 aliphatic rings. The third kappa shape index (κ3) is 8.81. The fourth-order valence-electron chi connectivity index (χ4n) is 4.57. The summed E-state index contributed by atoms with van der Waals surface area (Å²) in [5.74, 6) is 0.364. The number of oxime groups is 1. The normalized spacial score (nSPS) is 18.7. The summed E-state index contributed by atoms with van der Waals surface area (Å²) in [4.78, 5) is 17.0. The highest BCUT2D eigenvalue weighted by molar-refractivity contribution is 6.74. The van der Waals surface area contributed by atoms with E-state index in [1.807, 2.05) is 6.07 Å². The predicted octanol–water partition coefficient (Wildman–Crippen LogP) is 7.35. The van der Waals surface area contributed by atoms with Gasteiger partial charge in [0.25, 0.3) is 0 Å². The quantitative estimate of drug-likeness (QED) is 0.197. The van der Waals surface area contributed by atoms with E-state index in [1.165, 1.54) is 0 Å². The van der Waals surface area contributed by atoms with Crippen molar-refractivity contribution in [2.24, 2.45) is 10.6 Å². The Bertz CT molecular complexity index is 1180. The first kappa shape index (κ1) is 32.5. The third-order valence-electron chi connectivity index (χ3n) is 8.49. The summed E-state index contributed by atoms with van der Waals surface area (Å²) in [6.07, 6.45) is 8.10. The van der Waals surface area contributed by atoms with E-state index in [0.717, 1.165) is 57.5 Å². The standard InChI is InChI=1S/C32H49FN4O4Si/c1-31(2,3)42(6,7)41-21-24-11-10-12-27(29(24)33)25-19-34-30(35-20-25)37-16-14-26(15-17-37)36-40-23-32(4,5)22-39-28-13-8-9-18-38-28/h10-12,19-20,28H,8-9,13-18,21-23H2,1-7H3/q-1. The summed E-state index contributed by atoms with van der Waals surface area (Å²) < 4.78 is 33.3. The van der Waals surface area contributed by atoms with E-state index < -0.39 is 8.32 Å². The molecule has 8 nitrogen and oxygen atoms in total. The number of halogens is 1. The number of aromatic nitrogens is 2. The second-order valence-corrected chi connectivity index (χ2v) is 18.6. The van der Waals surface area contributed by atoms with Gasteiger partial charge in [0.1, 0.15) is 12.4 Å². The first-order chi connectivity index (χ1) is 19.8. The average Bonchev–Trinajstić information content (AvgIpc) is 2.96. The molecule has 2 fully saturated rings. The van der Waals surface area contributed by atoms with Crippen molar-refractivity contribution < 1.29 is 23.1 Å². The molecule has 2 aromatic rings. The van der Waals surface area contributed by atoms with Crippen molar-refractivity contribution in [1.82, 2.24) is 9.97 Å². The van der Waals surface area contributed by atoms with E-state index in [9.17, 15) is 0 Å². The maximum absolute atomic E-state index is 15.5. The van der Waals surface area contributed by atoms with Crippen LogP contribution in [-0.4, -0.2) is 63.2 Å². The zero-order chi connectivity index (χ0) is 30.4. The monoisotopic (exact) mass is 600 g/mol. The highest BCUT2D eigenvalue weighted by Gasteiger charge is 2.26. The molecule has 2 aliphatic heterocycles. The Morgan fingerprint density at radius 2 is 1.76 bits per heavy atom. The molecule has 1 unspecified atom stereocenters. The second kappa shape index (κ2) is 13.9. The van der Waals surface area contributed by atoms with Gasteiger partial charge < -0.3 is 23.6 Å². The van der Waals surface area contributed by atoms with Crippen LogP contribution in [0, 0.1) is 11.2 Å². The molecule has 1 aromatic carbocycles. The molecule has 42 heavy (non-hydrogen) atoms. The van der Waals surface area contributed by atoms with Gasteiger partial charge in [-0.05, 0) is 27.6 Å². The molecule has 0 N–H and O–H groups in total. The highest BCUT2D eigenvalue weighted by Crippen LogP contribution is 2.37. The molecule has 0 saturated carbocycles. The van der Waals surface area contributed by atoms with Crippen LogP contribution in [0.3, 0.4) is 0 Å². The molecule has 2 saturated heterocycles. The molecule has 4 rings (SSSR count). The minimum absolute atomic E-state index is 0.0647. The Labute approximate surface area is 252 Å². The first-order valence-electron chi connectivity index (χ1n) is 15.2. The van der Waals surface area contributed by atoms with Gasteiger partial charge in [0.2, 0.25) is 5.95 Å². The smallest absolute Gasteiger partial charge is 0.225 e. The molecule has 1 aromatic heterocycles. The summed E-state index contributed by atoms with van der Waals surface area (Å²) >= 11 is 0. The largest absolute Gasteiger partial charge is 0.561 e. The fourth-order valence-corrected chi connectivity index (χ4v) is 5.52. The summed E-state index contributed by atoms with van der Waals surface area (Å²) in [6.45, 7) is 18.7. The minimum Gasteiger partial charge on any atom is -0.561 e. The molecule has 10 heteroatoms. The van der Waals surface area contributed by atoms with Crippen LogP contribution >= 0.6 is 0 Å². The maximum atomic E-state index is 15.5. The van der Waals surface area contributed by atoms with Crippen LogP contribution in [0.1, 0.15) is 72.3 Å². The Kier molecular flexibility index (Phi) is 10.8. The number of rotatable bonds is 11. The van der Waals surface area contributed by atoms with Crippen molar-refractivity contribution in [3.05, 3.63) is 42.0 Å². The summed E-state index contributed by atoms with van der Waals surface area (Å²) in [6, 6.07) is 5.42. The lowest BCUT2D eigenvalue weighted by atomic mass is 9.96. The molecule has 0 bridgehead atoms.